The van der Waals surface area contributed by atoms with Gasteiger partial charge in [-0.15, -0.1) is 11.5 Å². The molecule has 0 radical (unpaired) electrons. The van der Waals surface area contributed by atoms with E-state index in [1.54, 1.807) is 11.1 Å². The summed E-state index contributed by atoms with van der Waals surface area (Å²) in [7, 11) is 0.0452. The van der Waals surface area contributed by atoms with Gasteiger partial charge < -0.3 is 4.74 Å². The van der Waals surface area contributed by atoms with Crippen molar-refractivity contribution >= 4 is 14.1 Å². The molecule has 0 saturated heterocycles. The Labute approximate surface area is 209 Å². The average Bonchev–Trinajstić information content (AvgIpc) is 3.36. The molecular formula is C32H42OSi. The number of hydrogen-bond donors (Lipinski definition) is 0. The summed E-state index contributed by atoms with van der Waals surface area (Å²) in [6.07, 6.45) is 3.60. The van der Waals surface area contributed by atoms with Crippen LogP contribution in [0.2, 0.25) is 16.6 Å². The highest BCUT2D eigenvalue weighted by Crippen LogP contribution is 2.61. The Morgan fingerprint density at radius 2 is 1.44 bits per heavy atom. The number of methoxy groups -OCH3 is 1. The van der Waals surface area contributed by atoms with E-state index < -0.39 is 8.07 Å². The first-order valence-corrected chi connectivity index (χ1v) is 15.4. The van der Waals surface area contributed by atoms with E-state index in [1.165, 1.54) is 17.6 Å². The van der Waals surface area contributed by atoms with Gasteiger partial charge in [0, 0.05) is 18.9 Å². The van der Waals surface area contributed by atoms with E-state index in [1.807, 2.05) is 7.11 Å². The lowest BCUT2D eigenvalue weighted by molar-refractivity contribution is 0.211. The molecule has 1 nitrogen and oxygen atoms in total. The van der Waals surface area contributed by atoms with Crippen LogP contribution in [0.4, 0.5) is 0 Å². The van der Waals surface area contributed by atoms with Crippen molar-refractivity contribution in [3.8, 4) is 11.5 Å². The van der Waals surface area contributed by atoms with Crippen LogP contribution in [0.3, 0.4) is 0 Å². The molecule has 4 atom stereocenters. The van der Waals surface area contributed by atoms with Gasteiger partial charge in [0.05, 0.1) is 6.61 Å². The van der Waals surface area contributed by atoms with Gasteiger partial charge in [0.25, 0.3) is 0 Å². The first kappa shape index (κ1) is 25.0. The van der Waals surface area contributed by atoms with E-state index in [-0.39, 0.29) is 0 Å². The lowest BCUT2D eigenvalue weighted by Crippen LogP contribution is -2.43. The molecule has 2 heteroatoms. The van der Waals surface area contributed by atoms with Crippen LogP contribution in [0.15, 0.2) is 60.2 Å². The molecule has 1 fully saturated rings. The average molecular weight is 471 g/mol. The number of fused-ring (bicyclic) bond motifs is 5. The third-order valence-electron chi connectivity index (χ3n) is 8.77. The summed E-state index contributed by atoms with van der Waals surface area (Å²) in [5.74, 6) is 5.90. The lowest BCUT2D eigenvalue weighted by atomic mass is 9.72. The smallest absolute Gasteiger partial charge is 0.145 e. The van der Waals surface area contributed by atoms with Crippen LogP contribution in [0.5, 0.6) is 0 Å². The molecule has 0 aliphatic heterocycles. The highest BCUT2D eigenvalue weighted by Gasteiger charge is 2.51. The van der Waals surface area contributed by atoms with Crippen LogP contribution >= 0.6 is 0 Å². The quantitative estimate of drug-likeness (QED) is 0.291. The molecule has 0 amide bonds. The lowest BCUT2D eigenvalue weighted by Gasteiger charge is -2.39. The second-order valence-electron chi connectivity index (χ2n) is 11.4. The summed E-state index contributed by atoms with van der Waals surface area (Å²) in [4.78, 5) is 0. The van der Waals surface area contributed by atoms with Crippen molar-refractivity contribution < 1.29 is 4.74 Å². The SMILES string of the molecule is COC/C(=C\c1ccccc1)C1C2CC(c3ccccc32)C1C#C[Si](C(C)C)(C(C)C)C(C)C. The van der Waals surface area contributed by atoms with E-state index in [0.29, 0.717) is 46.9 Å². The van der Waals surface area contributed by atoms with Gasteiger partial charge in [-0.3, -0.25) is 0 Å². The molecular weight excluding hydrogens is 428 g/mol. The molecule has 34 heavy (non-hydrogen) atoms. The molecule has 4 unspecified atom stereocenters. The molecule has 180 valence electrons. The highest BCUT2D eigenvalue weighted by atomic mass is 28.3. The van der Waals surface area contributed by atoms with Crippen LogP contribution in [0, 0.1) is 23.3 Å². The number of benzene rings is 2. The minimum atomic E-state index is -1.78. The standard InChI is InChI=1S/C32H42OSi/c1-22(2)34(23(3)4,24(5)6)18-17-29-30-20-31(28-16-12-11-15-27(28)30)32(29)26(21-33-7)19-25-13-9-8-10-14-25/h8-16,19,22-24,29-32H,20-21H2,1-7H3/b26-19+. The Morgan fingerprint density at radius 3 is 2.00 bits per heavy atom. The van der Waals surface area contributed by atoms with Crippen LogP contribution in [-0.4, -0.2) is 21.8 Å². The van der Waals surface area contributed by atoms with Gasteiger partial charge >= 0.3 is 0 Å². The van der Waals surface area contributed by atoms with Crippen molar-refractivity contribution in [2.75, 3.05) is 13.7 Å². The monoisotopic (exact) mass is 470 g/mol. The fraction of sp³-hybridized carbons (Fsp3) is 0.500. The van der Waals surface area contributed by atoms with Crippen LogP contribution in [0.25, 0.3) is 6.08 Å². The van der Waals surface area contributed by atoms with Crippen molar-refractivity contribution in [1.82, 2.24) is 0 Å². The Hall–Kier alpha value is -2.08. The molecule has 2 aliphatic rings. The highest BCUT2D eigenvalue weighted by molar-refractivity contribution is 6.90. The molecule has 0 spiro atoms. The minimum absolute atomic E-state index is 0.369. The van der Waals surface area contributed by atoms with Gasteiger partial charge in [-0.1, -0.05) is 102 Å². The molecule has 0 heterocycles. The largest absolute Gasteiger partial charge is 0.380 e. The van der Waals surface area contributed by atoms with Gasteiger partial charge in [0.15, 0.2) is 0 Å². The zero-order valence-electron chi connectivity index (χ0n) is 22.1. The van der Waals surface area contributed by atoms with E-state index in [0.717, 1.165) is 0 Å². The maximum atomic E-state index is 5.78. The Bertz CT molecular complexity index is 1050. The fourth-order valence-electron chi connectivity index (χ4n) is 7.38. The van der Waals surface area contributed by atoms with E-state index >= 15 is 0 Å². The predicted octanol–water partition coefficient (Wildman–Crippen LogP) is 8.45. The van der Waals surface area contributed by atoms with Crippen molar-refractivity contribution in [3.63, 3.8) is 0 Å². The van der Waals surface area contributed by atoms with Gasteiger partial charge in [-0.2, -0.15) is 0 Å². The van der Waals surface area contributed by atoms with E-state index in [2.05, 4.69) is 114 Å². The molecule has 2 aliphatic carbocycles. The Kier molecular flexibility index (Phi) is 7.56. The summed E-state index contributed by atoms with van der Waals surface area (Å²) in [5.41, 5.74) is 11.8. The van der Waals surface area contributed by atoms with Crippen molar-refractivity contribution in [1.29, 1.82) is 0 Å². The summed E-state index contributed by atoms with van der Waals surface area (Å²) in [5, 5.41) is 0. The maximum Gasteiger partial charge on any atom is 0.145 e. The van der Waals surface area contributed by atoms with Gasteiger partial charge in [-0.25, -0.2) is 0 Å². The zero-order valence-corrected chi connectivity index (χ0v) is 23.1. The second kappa shape index (κ2) is 10.3. The number of ether oxygens (including phenoxy) is 1. The third-order valence-corrected chi connectivity index (χ3v) is 15.1. The van der Waals surface area contributed by atoms with Gasteiger partial charge in [-0.05, 0) is 57.1 Å². The zero-order chi connectivity index (χ0) is 24.5. The summed E-state index contributed by atoms with van der Waals surface area (Å²) in [6.45, 7) is 15.2. The Morgan fingerprint density at radius 1 is 0.882 bits per heavy atom. The molecule has 1 saturated carbocycles. The number of hydrogen-bond acceptors (Lipinski definition) is 1. The van der Waals surface area contributed by atoms with Crippen LogP contribution < -0.4 is 0 Å². The second-order valence-corrected chi connectivity index (χ2v) is 16.9. The van der Waals surface area contributed by atoms with Gasteiger partial charge in [0.2, 0.25) is 0 Å². The third kappa shape index (κ3) is 4.34. The molecule has 2 aromatic carbocycles. The summed E-state index contributed by atoms with van der Waals surface area (Å²) >= 11 is 0. The summed E-state index contributed by atoms with van der Waals surface area (Å²) < 4.78 is 5.78. The van der Waals surface area contributed by atoms with E-state index in [4.69, 9.17) is 4.74 Å². The summed E-state index contributed by atoms with van der Waals surface area (Å²) in [6, 6.07) is 19.9. The van der Waals surface area contributed by atoms with Crippen LogP contribution in [0.1, 0.15) is 76.5 Å². The predicted molar refractivity (Wildman–Crippen MR) is 149 cm³/mol. The normalized spacial score (nSPS) is 24.0. The molecule has 4 rings (SSSR count). The first-order chi connectivity index (χ1) is 16.3. The van der Waals surface area contributed by atoms with Crippen molar-refractivity contribution in [2.45, 2.75) is 76.4 Å². The van der Waals surface area contributed by atoms with Crippen molar-refractivity contribution in [3.05, 3.63) is 76.9 Å². The minimum Gasteiger partial charge on any atom is -0.380 e. The molecule has 2 aromatic rings. The Balaban J connectivity index is 1.84. The van der Waals surface area contributed by atoms with Gasteiger partial charge in [0.1, 0.15) is 8.07 Å². The molecule has 0 N–H and O–H groups in total. The molecule has 2 bridgehead atoms. The fourth-order valence-corrected chi connectivity index (χ4v) is 12.7. The van der Waals surface area contributed by atoms with Crippen molar-refractivity contribution in [2.24, 2.45) is 11.8 Å². The topological polar surface area (TPSA) is 9.23 Å². The first-order valence-electron chi connectivity index (χ1n) is 13.2. The van der Waals surface area contributed by atoms with E-state index in [9.17, 15) is 0 Å². The maximum absolute atomic E-state index is 5.78. The molecule has 0 aromatic heterocycles. The number of rotatable bonds is 7. The van der Waals surface area contributed by atoms with Crippen LogP contribution in [-0.2, 0) is 4.74 Å².